The molecule has 0 aromatic heterocycles. The Balaban J connectivity index is 1.28. The number of carbonyl (C=O) groups excluding carboxylic acids is 2. The van der Waals surface area contributed by atoms with Gasteiger partial charge in [0, 0.05) is 26.8 Å². The van der Waals surface area contributed by atoms with Gasteiger partial charge in [-0.1, -0.05) is 48.5 Å². The SMILES string of the molecule is O=C(O)CN(C(=O)c1cc(I)cc(NC(=O)OCC2c3ccccc3-c3ccccc32)c1)C1CC1. The second-order valence-corrected chi connectivity index (χ2v) is 9.98. The Kier molecular flexibility index (Phi) is 6.46. The van der Waals surface area contributed by atoms with Crippen molar-refractivity contribution in [1.82, 2.24) is 4.90 Å². The van der Waals surface area contributed by atoms with Gasteiger partial charge in [-0.15, -0.1) is 0 Å². The Morgan fingerprint density at radius 2 is 1.60 bits per heavy atom. The quantitative estimate of drug-likeness (QED) is 0.367. The molecule has 0 unspecified atom stereocenters. The Labute approximate surface area is 216 Å². The minimum atomic E-state index is -1.05. The number of rotatable bonds is 7. The number of fused-ring (bicyclic) bond motifs is 3. The number of halogens is 1. The predicted octanol–water partition coefficient (Wildman–Crippen LogP) is 5.34. The van der Waals surface area contributed by atoms with Crippen molar-refractivity contribution in [3.8, 4) is 11.1 Å². The number of ether oxygens (including phenoxy) is 1. The first-order chi connectivity index (χ1) is 16.9. The van der Waals surface area contributed by atoms with Crippen LogP contribution in [-0.4, -0.2) is 47.2 Å². The fourth-order valence-corrected chi connectivity index (χ4v) is 5.27. The summed E-state index contributed by atoms with van der Waals surface area (Å²) in [6.45, 7) is -0.159. The summed E-state index contributed by atoms with van der Waals surface area (Å²) in [4.78, 5) is 38.3. The molecule has 2 aliphatic rings. The molecule has 178 valence electrons. The molecule has 8 heteroatoms. The van der Waals surface area contributed by atoms with E-state index >= 15 is 0 Å². The number of hydrogen-bond donors (Lipinski definition) is 2. The van der Waals surface area contributed by atoms with E-state index < -0.39 is 12.1 Å². The van der Waals surface area contributed by atoms with Crippen molar-refractivity contribution in [1.29, 1.82) is 0 Å². The van der Waals surface area contributed by atoms with Gasteiger partial charge in [0.2, 0.25) is 0 Å². The van der Waals surface area contributed by atoms with Crippen molar-refractivity contribution in [2.24, 2.45) is 0 Å². The second kappa shape index (κ2) is 9.69. The first-order valence-corrected chi connectivity index (χ1v) is 12.4. The van der Waals surface area contributed by atoms with E-state index in [1.165, 1.54) is 4.90 Å². The Morgan fingerprint density at radius 3 is 2.20 bits per heavy atom. The van der Waals surface area contributed by atoms with Crippen LogP contribution in [0, 0.1) is 3.57 Å². The molecule has 0 bridgehead atoms. The lowest BCUT2D eigenvalue weighted by molar-refractivity contribution is -0.137. The summed E-state index contributed by atoms with van der Waals surface area (Å²) in [6, 6.07) is 21.2. The minimum Gasteiger partial charge on any atom is -0.480 e. The fraction of sp³-hybridized carbons (Fsp3) is 0.222. The van der Waals surface area contributed by atoms with E-state index in [0.717, 1.165) is 38.7 Å². The van der Waals surface area contributed by atoms with Gasteiger partial charge in [0.25, 0.3) is 5.91 Å². The van der Waals surface area contributed by atoms with Gasteiger partial charge in [0.1, 0.15) is 13.2 Å². The van der Waals surface area contributed by atoms with Gasteiger partial charge < -0.3 is 14.7 Å². The van der Waals surface area contributed by atoms with Crippen molar-refractivity contribution in [3.63, 3.8) is 0 Å². The number of amides is 2. The monoisotopic (exact) mass is 582 g/mol. The van der Waals surface area contributed by atoms with E-state index in [1.54, 1.807) is 18.2 Å². The van der Waals surface area contributed by atoms with Crippen LogP contribution in [0.2, 0.25) is 0 Å². The van der Waals surface area contributed by atoms with Crippen LogP contribution in [-0.2, 0) is 9.53 Å². The highest BCUT2D eigenvalue weighted by molar-refractivity contribution is 14.1. The number of benzene rings is 3. The minimum absolute atomic E-state index is 0.0463. The van der Waals surface area contributed by atoms with E-state index in [-0.39, 0.29) is 31.0 Å². The zero-order valence-electron chi connectivity index (χ0n) is 18.7. The molecule has 2 amide bonds. The lowest BCUT2D eigenvalue weighted by Gasteiger charge is -2.21. The first-order valence-electron chi connectivity index (χ1n) is 11.4. The Bertz CT molecular complexity index is 1270. The summed E-state index contributed by atoms with van der Waals surface area (Å²) in [6.07, 6.45) is 0.985. The summed E-state index contributed by atoms with van der Waals surface area (Å²) >= 11 is 2.07. The molecule has 3 aromatic carbocycles. The highest BCUT2D eigenvalue weighted by atomic mass is 127. The maximum Gasteiger partial charge on any atom is 0.411 e. The number of nitrogens with one attached hydrogen (secondary N) is 1. The lowest BCUT2D eigenvalue weighted by Crippen LogP contribution is -2.37. The molecule has 3 aromatic rings. The number of carbonyl (C=O) groups is 3. The van der Waals surface area contributed by atoms with E-state index in [2.05, 4.69) is 52.2 Å². The predicted molar refractivity (Wildman–Crippen MR) is 140 cm³/mol. The number of carboxylic acids is 1. The van der Waals surface area contributed by atoms with Crippen LogP contribution in [0.5, 0.6) is 0 Å². The number of hydrogen-bond acceptors (Lipinski definition) is 4. The number of anilines is 1. The molecule has 0 atom stereocenters. The van der Waals surface area contributed by atoms with E-state index in [1.807, 2.05) is 24.3 Å². The average molecular weight is 582 g/mol. The zero-order valence-corrected chi connectivity index (χ0v) is 20.9. The molecule has 5 rings (SSSR count). The molecule has 0 radical (unpaired) electrons. The van der Waals surface area contributed by atoms with Gasteiger partial charge in [-0.25, -0.2) is 4.79 Å². The highest BCUT2D eigenvalue weighted by Crippen LogP contribution is 2.44. The number of carboxylic acid groups (broad SMARTS) is 1. The van der Waals surface area contributed by atoms with Crippen molar-refractivity contribution >= 4 is 46.2 Å². The molecule has 0 heterocycles. The molecule has 2 aliphatic carbocycles. The summed E-state index contributed by atoms with van der Waals surface area (Å²) < 4.78 is 6.35. The summed E-state index contributed by atoms with van der Waals surface area (Å²) in [5, 5.41) is 11.9. The van der Waals surface area contributed by atoms with Crippen LogP contribution >= 0.6 is 22.6 Å². The molecule has 0 saturated heterocycles. The van der Waals surface area contributed by atoms with E-state index in [0.29, 0.717) is 11.3 Å². The normalized spacial score (nSPS) is 14.1. The van der Waals surface area contributed by atoms with Crippen LogP contribution in [0.1, 0.15) is 40.2 Å². The maximum atomic E-state index is 13.0. The van der Waals surface area contributed by atoms with Gasteiger partial charge in [-0.05, 0) is 75.9 Å². The third-order valence-electron chi connectivity index (χ3n) is 6.29. The molecular weight excluding hydrogens is 559 g/mol. The highest BCUT2D eigenvalue weighted by Gasteiger charge is 2.34. The zero-order chi connectivity index (χ0) is 24.5. The van der Waals surface area contributed by atoms with Gasteiger partial charge >= 0.3 is 12.1 Å². The molecule has 0 aliphatic heterocycles. The second-order valence-electron chi connectivity index (χ2n) is 8.74. The lowest BCUT2D eigenvalue weighted by atomic mass is 9.98. The third kappa shape index (κ3) is 5.02. The van der Waals surface area contributed by atoms with Crippen LogP contribution in [0.4, 0.5) is 10.5 Å². The van der Waals surface area contributed by atoms with Crippen LogP contribution in [0.3, 0.4) is 0 Å². The molecule has 0 spiro atoms. The van der Waals surface area contributed by atoms with Gasteiger partial charge in [-0.3, -0.25) is 14.9 Å². The topological polar surface area (TPSA) is 95.9 Å². The molecular formula is C27H23IN2O5. The summed E-state index contributed by atoms with van der Waals surface area (Å²) in [5.41, 5.74) is 5.31. The molecule has 1 fully saturated rings. The Morgan fingerprint density at radius 1 is 0.971 bits per heavy atom. The number of aliphatic carboxylic acids is 1. The van der Waals surface area contributed by atoms with E-state index in [9.17, 15) is 19.5 Å². The van der Waals surface area contributed by atoms with Gasteiger partial charge in [0.15, 0.2) is 0 Å². The van der Waals surface area contributed by atoms with Crippen LogP contribution < -0.4 is 5.32 Å². The molecule has 7 nitrogen and oxygen atoms in total. The summed E-state index contributed by atoms with van der Waals surface area (Å²) in [7, 11) is 0. The van der Waals surface area contributed by atoms with Crippen LogP contribution in [0.25, 0.3) is 11.1 Å². The molecule has 35 heavy (non-hydrogen) atoms. The molecule has 1 saturated carbocycles. The van der Waals surface area contributed by atoms with Crippen molar-refractivity contribution in [2.45, 2.75) is 24.8 Å². The third-order valence-corrected chi connectivity index (χ3v) is 6.91. The maximum absolute atomic E-state index is 13.0. The first kappa shape index (κ1) is 23.3. The van der Waals surface area contributed by atoms with Gasteiger partial charge in [-0.2, -0.15) is 0 Å². The summed E-state index contributed by atoms with van der Waals surface area (Å²) in [5.74, 6) is -1.46. The van der Waals surface area contributed by atoms with E-state index in [4.69, 9.17) is 4.74 Å². The fourth-order valence-electron chi connectivity index (χ4n) is 4.60. The number of nitrogens with zero attached hydrogens (tertiary/aromatic N) is 1. The molecule has 2 N–H and O–H groups in total. The Hall–Kier alpha value is -3.40. The van der Waals surface area contributed by atoms with Gasteiger partial charge in [0.05, 0.1) is 0 Å². The van der Waals surface area contributed by atoms with Crippen molar-refractivity contribution in [2.75, 3.05) is 18.5 Å². The standard InChI is InChI=1S/C27H23IN2O5/c28-17-11-16(26(33)30(14-25(31)32)19-9-10-19)12-18(13-17)29-27(34)35-15-24-22-7-3-1-5-20(22)21-6-2-4-8-23(21)24/h1-8,11-13,19,24H,9-10,14-15H2,(H,29,34)(H,31,32). The smallest absolute Gasteiger partial charge is 0.411 e. The average Bonchev–Trinajstić information content (AvgIpc) is 3.63. The van der Waals surface area contributed by atoms with Crippen molar-refractivity contribution < 1.29 is 24.2 Å². The van der Waals surface area contributed by atoms with Crippen molar-refractivity contribution in [3.05, 3.63) is 87.0 Å². The van der Waals surface area contributed by atoms with Crippen LogP contribution in [0.15, 0.2) is 66.7 Å². The largest absolute Gasteiger partial charge is 0.480 e.